The average Bonchev–Trinajstić information content (AvgIpc) is 3.17. The summed E-state index contributed by atoms with van der Waals surface area (Å²) in [6, 6.07) is 0. The second kappa shape index (κ2) is 38.0. The van der Waals surface area contributed by atoms with Crippen molar-refractivity contribution in [3.63, 3.8) is 0 Å². The molecule has 0 aliphatic carbocycles. The van der Waals surface area contributed by atoms with Gasteiger partial charge in [0.15, 0.2) is 11.9 Å². The number of aliphatic hydroxyl groups excluding tert-OH is 1. The molecule has 0 aliphatic rings. The van der Waals surface area contributed by atoms with E-state index in [4.69, 9.17) is 23.8 Å². The number of aliphatic hydroxyl groups is 1. The Bertz CT molecular complexity index is 1230. The Morgan fingerprint density at radius 3 is 1.60 bits per heavy atom. The number of unbranched alkanes of at least 4 members (excludes halogenated alkanes) is 18. The second-order valence-electron chi connectivity index (χ2n) is 14.6. The van der Waals surface area contributed by atoms with Gasteiger partial charge >= 0.3 is 27.6 Å². The Morgan fingerprint density at radius 2 is 1.00 bits per heavy atom. The molecule has 0 amide bonds. The van der Waals surface area contributed by atoms with Gasteiger partial charge in [-0.15, -0.1) is 0 Å². The number of carbonyl (C=O) groups excluding carboxylic acids is 3. The smallest absolute Gasteiger partial charge is 0.462 e. The SMILES string of the molecule is CCCCC/C=C\C=C\C(=O)CCCCCCCC(=O)OC[C@H](COP(=O)(O)OC[C@@H](O)COP(=O)(O)O)OC(=O)CCCCCCC/C=C\CCCCCCCC. The molecule has 58 heavy (non-hydrogen) atoms. The number of ether oxygens (including phenoxy) is 2. The van der Waals surface area contributed by atoms with E-state index in [2.05, 4.69) is 41.1 Å². The van der Waals surface area contributed by atoms with E-state index in [9.17, 15) is 33.5 Å². The highest BCUT2D eigenvalue weighted by Gasteiger charge is 2.28. The minimum atomic E-state index is -4.88. The third-order valence-corrected chi connectivity index (χ3v) is 10.4. The molecule has 4 N–H and O–H groups in total. The summed E-state index contributed by atoms with van der Waals surface area (Å²) in [5, 5.41) is 9.73. The van der Waals surface area contributed by atoms with Crippen LogP contribution < -0.4 is 0 Å². The molecular formula is C42H76O14P2. The lowest BCUT2D eigenvalue weighted by Gasteiger charge is -2.20. The van der Waals surface area contributed by atoms with Crippen molar-refractivity contribution >= 4 is 33.4 Å². The zero-order valence-corrected chi connectivity index (χ0v) is 37.2. The summed E-state index contributed by atoms with van der Waals surface area (Å²) < 4.78 is 47.6. The van der Waals surface area contributed by atoms with Crippen LogP contribution in [0.1, 0.15) is 174 Å². The molecule has 0 fully saturated rings. The normalized spacial score (nSPS) is 14.3. The van der Waals surface area contributed by atoms with E-state index < -0.39 is 66.2 Å². The Labute approximate surface area is 348 Å². The third-order valence-electron chi connectivity index (χ3n) is 8.97. The monoisotopic (exact) mass is 866 g/mol. The molecule has 0 radical (unpaired) electrons. The van der Waals surface area contributed by atoms with Crippen molar-refractivity contribution in [1.29, 1.82) is 0 Å². The number of hydrogen-bond acceptors (Lipinski definition) is 11. The van der Waals surface area contributed by atoms with Crippen LogP contribution >= 0.6 is 15.6 Å². The highest BCUT2D eigenvalue weighted by atomic mass is 31.2. The molecule has 338 valence electrons. The van der Waals surface area contributed by atoms with E-state index in [-0.39, 0.29) is 18.6 Å². The lowest BCUT2D eigenvalue weighted by Crippen LogP contribution is -2.30. The van der Waals surface area contributed by atoms with E-state index in [1.165, 1.54) is 51.4 Å². The maximum atomic E-state index is 12.6. The average molecular weight is 867 g/mol. The van der Waals surface area contributed by atoms with Crippen molar-refractivity contribution in [2.75, 3.05) is 26.4 Å². The van der Waals surface area contributed by atoms with Crippen LogP contribution in [0.2, 0.25) is 0 Å². The quantitative estimate of drug-likeness (QED) is 0.0112. The molecule has 0 aliphatic heterocycles. The lowest BCUT2D eigenvalue weighted by molar-refractivity contribution is -0.161. The van der Waals surface area contributed by atoms with Crippen LogP contribution in [0, 0.1) is 0 Å². The van der Waals surface area contributed by atoms with Gasteiger partial charge in [-0.05, 0) is 63.9 Å². The van der Waals surface area contributed by atoms with E-state index >= 15 is 0 Å². The summed E-state index contributed by atoms with van der Waals surface area (Å²) in [5.41, 5.74) is 0. The molecule has 0 aromatic rings. The predicted octanol–water partition coefficient (Wildman–Crippen LogP) is 10.1. The number of rotatable bonds is 41. The minimum Gasteiger partial charge on any atom is -0.462 e. The first-order valence-electron chi connectivity index (χ1n) is 21.6. The molecule has 0 spiro atoms. The number of phosphoric ester groups is 2. The fourth-order valence-electron chi connectivity index (χ4n) is 5.62. The summed E-state index contributed by atoms with van der Waals surface area (Å²) in [4.78, 5) is 64.7. The van der Waals surface area contributed by atoms with Gasteiger partial charge in [0.05, 0.1) is 19.8 Å². The predicted molar refractivity (Wildman–Crippen MR) is 226 cm³/mol. The standard InChI is InChI=1S/C42H76O14P2/c1-3-5-7-9-11-12-13-14-15-16-17-18-20-24-29-33-42(46)56-40(37-55-58(50,51)54-35-39(44)34-53-57(47,48)49)36-52-41(45)32-28-25-21-23-27-31-38(43)30-26-22-19-10-8-6-4-2/h14-15,19,22,26,30,39-40,44H,3-13,16-18,20-21,23-25,27-29,31-37H2,1-2H3,(H,50,51)(H2,47,48,49)/b15-14-,22-19-,30-26+/t39-,40+/m0/s1. The molecule has 0 heterocycles. The van der Waals surface area contributed by atoms with E-state index in [1.54, 1.807) is 12.2 Å². The Balaban J connectivity index is 4.61. The summed E-state index contributed by atoms with van der Waals surface area (Å²) in [5.74, 6) is -1.05. The van der Waals surface area contributed by atoms with Crippen LogP contribution in [-0.4, -0.2) is 76.1 Å². The summed E-state index contributed by atoms with van der Waals surface area (Å²) in [6.45, 7) is 1.56. The zero-order chi connectivity index (χ0) is 43.2. The van der Waals surface area contributed by atoms with Crippen LogP contribution in [0.4, 0.5) is 0 Å². The second-order valence-corrected chi connectivity index (χ2v) is 17.3. The molecule has 16 heteroatoms. The number of ketones is 1. The molecule has 0 saturated heterocycles. The number of allylic oxidation sites excluding steroid dienone is 6. The van der Waals surface area contributed by atoms with Crippen LogP contribution in [-0.2, 0) is 46.6 Å². The molecule has 0 rings (SSSR count). The number of esters is 2. The molecule has 14 nitrogen and oxygen atoms in total. The van der Waals surface area contributed by atoms with Crippen molar-refractivity contribution < 1.29 is 66.3 Å². The molecular weight excluding hydrogens is 790 g/mol. The maximum Gasteiger partial charge on any atom is 0.472 e. The Hall–Kier alpha value is -1.99. The van der Waals surface area contributed by atoms with Crippen molar-refractivity contribution in [3.8, 4) is 0 Å². The summed E-state index contributed by atoms with van der Waals surface area (Å²) in [6.07, 6.45) is 32.4. The molecule has 0 aromatic heterocycles. The largest absolute Gasteiger partial charge is 0.472 e. The first-order chi connectivity index (χ1) is 27.8. The van der Waals surface area contributed by atoms with Crippen molar-refractivity contribution in [2.24, 2.45) is 0 Å². The number of hydrogen-bond donors (Lipinski definition) is 4. The number of phosphoric acid groups is 2. The fourth-order valence-corrected chi connectivity index (χ4v) is 6.77. The van der Waals surface area contributed by atoms with Gasteiger partial charge in [0.2, 0.25) is 0 Å². The maximum absolute atomic E-state index is 12.6. The molecule has 0 aromatic carbocycles. The zero-order valence-electron chi connectivity index (χ0n) is 35.4. The molecule has 0 saturated carbocycles. The highest BCUT2D eigenvalue weighted by molar-refractivity contribution is 7.47. The van der Waals surface area contributed by atoms with Gasteiger partial charge in [0.1, 0.15) is 12.7 Å². The van der Waals surface area contributed by atoms with Gasteiger partial charge in [0, 0.05) is 19.3 Å². The molecule has 1 unspecified atom stereocenters. The van der Waals surface area contributed by atoms with Gasteiger partial charge in [0.25, 0.3) is 0 Å². The van der Waals surface area contributed by atoms with Crippen LogP contribution in [0.25, 0.3) is 0 Å². The van der Waals surface area contributed by atoms with Gasteiger partial charge in [-0.2, -0.15) is 0 Å². The van der Waals surface area contributed by atoms with Crippen LogP contribution in [0.5, 0.6) is 0 Å². The van der Waals surface area contributed by atoms with Gasteiger partial charge in [-0.1, -0.05) is 128 Å². The summed E-state index contributed by atoms with van der Waals surface area (Å²) in [7, 11) is -9.71. The van der Waals surface area contributed by atoms with Crippen molar-refractivity contribution in [1.82, 2.24) is 0 Å². The minimum absolute atomic E-state index is 0.0863. The third kappa shape index (κ3) is 40.8. The van der Waals surface area contributed by atoms with Crippen molar-refractivity contribution in [3.05, 3.63) is 36.5 Å². The first kappa shape index (κ1) is 56.0. The topological polar surface area (TPSA) is 212 Å². The Kier molecular flexibility index (Phi) is 36.7. The van der Waals surface area contributed by atoms with Gasteiger partial charge in [-0.3, -0.25) is 28.0 Å². The van der Waals surface area contributed by atoms with Crippen LogP contribution in [0.15, 0.2) is 36.5 Å². The van der Waals surface area contributed by atoms with Gasteiger partial charge in [-0.25, -0.2) is 9.13 Å². The van der Waals surface area contributed by atoms with Gasteiger partial charge < -0.3 is 29.3 Å². The van der Waals surface area contributed by atoms with E-state index in [1.807, 2.05) is 6.08 Å². The van der Waals surface area contributed by atoms with E-state index in [0.29, 0.717) is 19.3 Å². The molecule has 0 bridgehead atoms. The van der Waals surface area contributed by atoms with Crippen molar-refractivity contribution in [2.45, 2.75) is 187 Å². The lowest BCUT2D eigenvalue weighted by atomic mass is 10.1. The first-order valence-corrected chi connectivity index (χ1v) is 24.7. The fraction of sp³-hybridized carbons (Fsp3) is 0.786. The highest BCUT2D eigenvalue weighted by Crippen LogP contribution is 2.43. The van der Waals surface area contributed by atoms with Crippen LogP contribution in [0.3, 0.4) is 0 Å². The summed E-state index contributed by atoms with van der Waals surface area (Å²) >= 11 is 0. The Morgan fingerprint density at radius 1 is 0.534 bits per heavy atom. The van der Waals surface area contributed by atoms with E-state index in [0.717, 1.165) is 77.0 Å². The number of carbonyl (C=O) groups is 3. The molecule has 3 atom stereocenters.